The van der Waals surface area contributed by atoms with Crippen molar-refractivity contribution in [3.8, 4) is 5.75 Å². The second-order valence-electron chi connectivity index (χ2n) is 6.35. The Bertz CT molecular complexity index is 1070. The summed E-state index contributed by atoms with van der Waals surface area (Å²) in [6, 6.07) is 21.6. The van der Waals surface area contributed by atoms with Gasteiger partial charge in [0.2, 0.25) is 0 Å². The molecule has 0 bridgehead atoms. The van der Waals surface area contributed by atoms with Crippen molar-refractivity contribution in [2.24, 2.45) is 0 Å². The zero-order valence-corrected chi connectivity index (χ0v) is 15.6. The van der Waals surface area contributed by atoms with Gasteiger partial charge in [-0.2, -0.15) is 0 Å². The molecular weight excluding hydrogens is 374 g/mol. The van der Waals surface area contributed by atoms with Gasteiger partial charge in [0.1, 0.15) is 5.75 Å². The topological polar surface area (TPSA) is 55.4 Å². The Kier molecular flexibility index (Phi) is 4.96. The van der Waals surface area contributed by atoms with Crippen LogP contribution in [-0.4, -0.2) is 18.3 Å². The molecule has 4 rings (SSSR count). The second-order valence-corrected chi connectivity index (χ2v) is 6.79. The van der Waals surface area contributed by atoms with E-state index in [1.165, 1.54) is 0 Å². The Hall–Kier alpha value is -3.37. The standard InChI is InChI=1S/C23H16ClNO3/c24-17-8-11-19-20(23(27)25-21(19)13-17)12-15-6-9-18(10-7-15)28-14-22(26)16-4-2-1-3-5-16/h1-13H,14H2,(H,25,27)/b20-12-. The van der Waals surface area contributed by atoms with Crippen LogP contribution in [0.2, 0.25) is 5.02 Å². The van der Waals surface area contributed by atoms with E-state index in [1.54, 1.807) is 36.4 Å². The van der Waals surface area contributed by atoms with Crippen LogP contribution in [-0.2, 0) is 4.79 Å². The summed E-state index contributed by atoms with van der Waals surface area (Å²) < 4.78 is 5.57. The van der Waals surface area contributed by atoms with Gasteiger partial charge in [0.05, 0.1) is 5.69 Å². The van der Waals surface area contributed by atoms with Crippen LogP contribution in [0.1, 0.15) is 21.5 Å². The molecule has 1 heterocycles. The predicted molar refractivity (Wildman–Crippen MR) is 111 cm³/mol. The summed E-state index contributed by atoms with van der Waals surface area (Å²) in [7, 11) is 0. The van der Waals surface area contributed by atoms with Crippen LogP contribution in [0.25, 0.3) is 11.6 Å². The third-order valence-corrected chi connectivity index (χ3v) is 4.66. The van der Waals surface area contributed by atoms with Gasteiger partial charge in [0.25, 0.3) is 5.91 Å². The van der Waals surface area contributed by atoms with Gasteiger partial charge in [0, 0.05) is 21.7 Å². The highest BCUT2D eigenvalue weighted by Gasteiger charge is 2.24. The lowest BCUT2D eigenvalue weighted by atomic mass is 10.0. The van der Waals surface area contributed by atoms with Crippen LogP contribution in [0.4, 0.5) is 5.69 Å². The van der Waals surface area contributed by atoms with E-state index in [4.69, 9.17) is 16.3 Å². The van der Waals surface area contributed by atoms with E-state index in [0.29, 0.717) is 27.6 Å². The van der Waals surface area contributed by atoms with Crippen LogP contribution in [0.15, 0.2) is 72.8 Å². The van der Waals surface area contributed by atoms with Crippen LogP contribution >= 0.6 is 11.6 Å². The van der Waals surface area contributed by atoms with E-state index in [2.05, 4.69) is 5.32 Å². The number of nitrogens with one attached hydrogen (secondary N) is 1. The van der Waals surface area contributed by atoms with Gasteiger partial charge in [0.15, 0.2) is 12.4 Å². The van der Waals surface area contributed by atoms with Crippen molar-refractivity contribution in [2.45, 2.75) is 0 Å². The molecule has 4 nitrogen and oxygen atoms in total. The molecule has 3 aromatic carbocycles. The van der Waals surface area contributed by atoms with Gasteiger partial charge in [-0.05, 0) is 35.9 Å². The molecule has 3 aromatic rings. The number of benzene rings is 3. The Balaban J connectivity index is 1.46. The number of ether oxygens (including phenoxy) is 1. The van der Waals surface area contributed by atoms with Gasteiger partial charge >= 0.3 is 0 Å². The average molecular weight is 390 g/mol. The molecule has 5 heteroatoms. The molecule has 28 heavy (non-hydrogen) atoms. The quantitative estimate of drug-likeness (QED) is 0.488. The minimum Gasteiger partial charge on any atom is -0.485 e. The number of ketones is 1. The fourth-order valence-corrected chi connectivity index (χ4v) is 3.17. The number of hydrogen-bond donors (Lipinski definition) is 1. The lowest BCUT2D eigenvalue weighted by Gasteiger charge is -2.06. The first kappa shape index (κ1) is 18.0. The van der Waals surface area contributed by atoms with Gasteiger partial charge in [-0.3, -0.25) is 9.59 Å². The number of Topliss-reactive ketones (excluding diaryl/α,β-unsaturated/α-hetero) is 1. The molecular formula is C23H16ClNO3. The lowest BCUT2D eigenvalue weighted by Crippen LogP contribution is -2.11. The summed E-state index contributed by atoms with van der Waals surface area (Å²) in [5, 5.41) is 3.39. The minimum absolute atomic E-state index is 0.0268. The highest BCUT2D eigenvalue weighted by atomic mass is 35.5. The van der Waals surface area contributed by atoms with E-state index in [1.807, 2.05) is 42.5 Å². The SMILES string of the molecule is O=C1Nc2cc(Cl)ccc2/C1=C/c1ccc(OCC(=O)c2ccccc2)cc1. The number of anilines is 1. The first-order chi connectivity index (χ1) is 13.6. The number of carbonyl (C=O) groups excluding carboxylic acids is 2. The lowest BCUT2D eigenvalue weighted by molar-refractivity contribution is -0.110. The molecule has 0 saturated carbocycles. The second kappa shape index (κ2) is 7.71. The molecule has 0 saturated heterocycles. The number of fused-ring (bicyclic) bond motifs is 1. The van der Waals surface area contributed by atoms with Crippen molar-refractivity contribution in [2.75, 3.05) is 11.9 Å². The fourth-order valence-electron chi connectivity index (χ4n) is 2.99. The molecule has 1 aliphatic heterocycles. The first-order valence-electron chi connectivity index (χ1n) is 8.74. The van der Waals surface area contributed by atoms with Crippen LogP contribution in [0.3, 0.4) is 0 Å². The smallest absolute Gasteiger partial charge is 0.256 e. The monoisotopic (exact) mass is 389 g/mol. The molecule has 1 amide bonds. The summed E-state index contributed by atoms with van der Waals surface area (Å²) in [5.41, 5.74) is 3.59. The van der Waals surface area contributed by atoms with E-state index < -0.39 is 0 Å². The Morgan fingerprint density at radius 1 is 1.00 bits per heavy atom. The van der Waals surface area contributed by atoms with Crippen LogP contribution in [0, 0.1) is 0 Å². The molecule has 0 aromatic heterocycles. The molecule has 0 aliphatic carbocycles. The maximum absolute atomic E-state index is 12.2. The summed E-state index contributed by atoms with van der Waals surface area (Å²) in [5.74, 6) is 0.352. The molecule has 1 aliphatic rings. The van der Waals surface area contributed by atoms with Gasteiger partial charge in [-0.1, -0.05) is 60.1 Å². The maximum atomic E-state index is 12.2. The van der Waals surface area contributed by atoms with Crippen LogP contribution < -0.4 is 10.1 Å². The van der Waals surface area contributed by atoms with Crippen molar-refractivity contribution in [3.05, 3.63) is 94.5 Å². The minimum atomic E-state index is -0.161. The number of hydrogen-bond acceptors (Lipinski definition) is 3. The molecule has 0 fully saturated rings. The summed E-state index contributed by atoms with van der Waals surface area (Å²) in [6.45, 7) is -0.0268. The molecule has 138 valence electrons. The third-order valence-electron chi connectivity index (χ3n) is 4.42. The van der Waals surface area contributed by atoms with Crippen LogP contribution in [0.5, 0.6) is 5.75 Å². The van der Waals surface area contributed by atoms with E-state index >= 15 is 0 Å². The highest BCUT2D eigenvalue weighted by molar-refractivity contribution is 6.36. The molecule has 0 spiro atoms. The summed E-state index contributed by atoms with van der Waals surface area (Å²) in [6.07, 6.45) is 1.81. The Morgan fingerprint density at radius 3 is 2.50 bits per heavy atom. The summed E-state index contributed by atoms with van der Waals surface area (Å²) in [4.78, 5) is 24.3. The van der Waals surface area contributed by atoms with Gasteiger partial charge in [-0.15, -0.1) is 0 Å². The largest absolute Gasteiger partial charge is 0.485 e. The van der Waals surface area contributed by atoms with Crippen molar-refractivity contribution >= 4 is 40.6 Å². The molecule has 0 unspecified atom stereocenters. The zero-order valence-electron chi connectivity index (χ0n) is 14.8. The molecule has 1 N–H and O–H groups in total. The summed E-state index contributed by atoms with van der Waals surface area (Å²) >= 11 is 5.98. The highest BCUT2D eigenvalue weighted by Crippen LogP contribution is 2.35. The van der Waals surface area contributed by atoms with E-state index in [0.717, 1.165) is 11.1 Å². The fraction of sp³-hybridized carbons (Fsp3) is 0.0435. The van der Waals surface area contributed by atoms with E-state index in [-0.39, 0.29) is 18.3 Å². The Labute approximate surface area is 167 Å². The first-order valence-corrected chi connectivity index (χ1v) is 9.12. The van der Waals surface area contributed by atoms with Crippen molar-refractivity contribution < 1.29 is 14.3 Å². The van der Waals surface area contributed by atoms with Crippen molar-refractivity contribution in [3.63, 3.8) is 0 Å². The maximum Gasteiger partial charge on any atom is 0.256 e. The predicted octanol–water partition coefficient (Wildman–Crippen LogP) is 5.09. The zero-order chi connectivity index (χ0) is 19.5. The van der Waals surface area contributed by atoms with Gasteiger partial charge < -0.3 is 10.1 Å². The number of amides is 1. The van der Waals surface area contributed by atoms with Gasteiger partial charge in [-0.25, -0.2) is 0 Å². The number of carbonyl (C=O) groups is 2. The molecule has 0 radical (unpaired) electrons. The number of rotatable bonds is 5. The number of halogens is 1. The normalized spacial score (nSPS) is 13.9. The van der Waals surface area contributed by atoms with Crippen molar-refractivity contribution in [1.82, 2.24) is 0 Å². The third kappa shape index (κ3) is 3.82. The van der Waals surface area contributed by atoms with Crippen molar-refractivity contribution in [1.29, 1.82) is 0 Å². The average Bonchev–Trinajstić information content (AvgIpc) is 3.02. The Morgan fingerprint density at radius 2 is 1.75 bits per heavy atom. The molecule has 0 atom stereocenters. The van der Waals surface area contributed by atoms with E-state index in [9.17, 15) is 9.59 Å².